The predicted octanol–water partition coefficient (Wildman–Crippen LogP) is 3.52. The number of hydrogen-bond acceptors (Lipinski definition) is 5. The lowest BCUT2D eigenvalue weighted by Crippen LogP contribution is -2.43. The first-order valence-corrected chi connectivity index (χ1v) is 12.2. The number of anilines is 1. The Balaban J connectivity index is 1.71. The summed E-state index contributed by atoms with van der Waals surface area (Å²) >= 11 is 5.25. The summed E-state index contributed by atoms with van der Waals surface area (Å²) in [6, 6.07) is 15.2. The van der Waals surface area contributed by atoms with Crippen LogP contribution in [0.4, 0.5) is 5.69 Å². The number of aromatic hydroxyl groups is 1. The van der Waals surface area contributed by atoms with Crippen molar-refractivity contribution < 1.29 is 18.3 Å². The van der Waals surface area contributed by atoms with Crippen molar-refractivity contribution >= 4 is 49.7 Å². The van der Waals surface area contributed by atoms with E-state index in [1.165, 1.54) is 16.4 Å². The summed E-state index contributed by atoms with van der Waals surface area (Å²) in [6.45, 7) is 6.10. The standard InChI is InChI=1S/C23H26N4O4S2/c1-4-27(5-2)33(30,31)18-11-10-15(3)20(14-18)24-23(32)26-25-22(29)19-12-16-8-6-7-9-17(16)13-21(19)28/h6-14,28H,4-5H2,1-3H3,(H,25,29)(H2,24,26,32). The molecule has 0 fully saturated rings. The van der Waals surface area contributed by atoms with Crippen LogP contribution in [0.15, 0.2) is 59.5 Å². The number of carbonyl (C=O) groups is 1. The minimum atomic E-state index is -3.63. The average molecular weight is 487 g/mol. The monoisotopic (exact) mass is 486 g/mol. The highest BCUT2D eigenvalue weighted by Gasteiger charge is 2.22. The number of nitrogens with zero attached hydrogens (tertiary/aromatic N) is 1. The van der Waals surface area contributed by atoms with Crippen LogP contribution in [0.25, 0.3) is 10.8 Å². The van der Waals surface area contributed by atoms with Crippen molar-refractivity contribution in [3.8, 4) is 5.75 Å². The number of nitrogens with one attached hydrogen (secondary N) is 3. The fraction of sp³-hybridized carbons (Fsp3) is 0.217. The van der Waals surface area contributed by atoms with Gasteiger partial charge < -0.3 is 10.4 Å². The molecule has 3 aromatic carbocycles. The molecule has 0 aliphatic rings. The van der Waals surface area contributed by atoms with E-state index in [1.54, 1.807) is 32.0 Å². The van der Waals surface area contributed by atoms with E-state index >= 15 is 0 Å². The van der Waals surface area contributed by atoms with Gasteiger partial charge >= 0.3 is 0 Å². The number of phenols is 1. The molecule has 0 unspecified atom stereocenters. The van der Waals surface area contributed by atoms with Gasteiger partial charge in [-0.15, -0.1) is 0 Å². The van der Waals surface area contributed by atoms with Gasteiger partial charge in [0.05, 0.1) is 10.5 Å². The third-order valence-electron chi connectivity index (χ3n) is 5.20. The molecule has 0 atom stereocenters. The highest BCUT2D eigenvalue weighted by molar-refractivity contribution is 7.89. The maximum absolute atomic E-state index is 12.8. The molecular formula is C23H26N4O4S2. The number of rotatable bonds is 6. The first-order chi connectivity index (χ1) is 15.7. The van der Waals surface area contributed by atoms with E-state index in [9.17, 15) is 18.3 Å². The zero-order chi connectivity index (χ0) is 24.2. The van der Waals surface area contributed by atoms with Crippen LogP contribution in [0.2, 0.25) is 0 Å². The number of benzene rings is 3. The first-order valence-electron chi connectivity index (χ1n) is 10.4. The summed E-state index contributed by atoms with van der Waals surface area (Å²) in [4.78, 5) is 12.7. The van der Waals surface area contributed by atoms with Gasteiger partial charge in [0.25, 0.3) is 5.91 Å². The van der Waals surface area contributed by atoms with Gasteiger partial charge in [-0.3, -0.25) is 15.6 Å². The summed E-state index contributed by atoms with van der Waals surface area (Å²) in [6.07, 6.45) is 0. The Morgan fingerprint density at radius 1 is 1.00 bits per heavy atom. The van der Waals surface area contributed by atoms with Gasteiger partial charge in [0.1, 0.15) is 5.75 Å². The van der Waals surface area contributed by atoms with Crippen LogP contribution < -0.4 is 16.2 Å². The van der Waals surface area contributed by atoms with E-state index in [-0.39, 0.29) is 21.3 Å². The van der Waals surface area contributed by atoms with E-state index in [0.717, 1.165) is 16.3 Å². The van der Waals surface area contributed by atoms with E-state index in [4.69, 9.17) is 12.2 Å². The number of aryl methyl sites for hydroxylation is 1. The molecule has 0 aliphatic heterocycles. The quantitative estimate of drug-likeness (QED) is 0.312. The molecule has 4 N–H and O–H groups in total. The van der Waals surface area contributed by atoms with Crippen LogP contribution in [0.5, 0.6) is 5.75 Å². The topological polar surface area (TPSA) is 111 Å². The molecule has 8 nitrogen and oxygen atoms in total. The van der Waals surface area contributed by atoms with Crippen LogP contribution >= 0.6 is 12.2 Å². The number of fused-ring (bicyclic) bond motifs is 1. The Kier molecular flexibility index (Phi) is 7.52. The fourth-order valence-corrected chi connectivity index (χ4v) is 5.00. The zero-order valence-electron chi connectivity index (χ0n) is 18.5. The number of phenolic OH excluding ortho intramolecular Hbond substituents is 1. The molecule has 0 bridgehead atoms. The van der Waals surface area contributed by atoms with E-state index < -0.39 is 15.9 Å². The third kappa shape index (κ3) is 5.41. The lowest BCUT2D eigenvalue weighted by atomic mass is 10.1. The lowest BCUT2D eigenvalue weighted by Gasteiger charge is -2.20. The highest BCUT2D eigenvalue weighted by Crippen LogP contribution is 2.25. The fourth-order valence-electron chi connectivity index (χ4n) is 3.35. The Morgan fingerprint density at radius 2 is 1.64 bits per heavy atom. The maximum Gasteiger partial charge on any atom is 0.273 e. The van der Waals surface area contributed by atoms with Crippen molar-refractivity contribution in [2.75, 3.05) is 18.4 Å². The van der Waals surface area contributed by atoms with E-state index in [1.807, 2.05) is 31.2 Å². The molecule has 10 heteroatoms. The average Bonchev–Trinajstić information content (AvgIpc) is 2.79. The van der Waals surface area contributed by atoms with Gasteiger partial charge in [-0.2, -0.15) is 4.31 Å². The number of thiocarbonyl (C=S) groups is 1. The maximum atomic E-state index is 12.8. The summed E-state index contributed by atoms with van der Waals surface area (Å²) in [5.41, 5.74) is 6.39. The Morgan fingerprint density at radius 3 is 2.27 bits per heavy atom. The summed E-state index contributed by atoms with van der Waals surface area (Å²) in [5.74, 6) is -0.728. The van der Waals surface area contributed by atoms with Crippen molar-refractivity contribution in [3.05, 3.63) is 65.7 Å². The third-order valence-corrected chi connectivity index (χ3v) is 7.45. The number of hydrogen-bond donors (Lipinski definition) is 4. The molecule has 0 aliphatic carbocycles. The molecule has 0 saturated carbocycles. The van der Waals surface area contributed by atoms with E-state index in [2.05, 4.69) is 16.2 Å². The number of carbonyl (C=O) groups excluding carboxylic acids is 1. The van der Waals surface area contributed by atoms with Crippen molar-refractivity contribution in [3.63, 3.8) is 0 Å². The SMILES string of the molecule is CCN(CC)S(=O)(=O)c1ccc(C)c(NC(=S)NNC(=O)c2cc3ccccc3cc2O)c1. The first kappa shape index (κ1) is 24.4. The largest absolute Gasteiger partial charge is 0.507 e. The van der Waals surface area contributed by atoms with Crippen molar-refractivity contribution in [1.82, 2.24) is 15.2 Å². The van der Waals surface area contributed by atoms with Crippen LogP contribution in [0, 0.1) is 6.92 Å². The minimum absolute atomic E-state index is 0.0594. The summed E-state index contributed by atoms with van der Waals surface area (Å²) in [5, 5.41) is 14.8. The van der Waals surface area contributed by atoms with Crippen LogP contribution in [-0.2, 0) is 10.0 Å². The summed E-state index contributed by atoms with van der Waals surface area (Å²) in [7, 11) is -3.63. The molecule has 33 heavy (non-hydrogen) atoms. The van der Waals surface area contributed by atoms with E-state index in [0.29, 0.717) is 18.8 Å². The second-order valence-corrected chi connectivity index (χ2v) is 9.66. The second-order valence-electron chi connectivity index (χ2n) is 7.32. The number of sulfonamides is 1. The minimum Gasteiger partial charge on any atom is -0.507 e. The van der Waals surface area contributed by atoms with Crippen LogP contribution in [-0.4, -0.2) is 41.9 Å². The molecule has 0 spiro atoms. The van der Waals surface area contributed by atoms with Gasteiger partial charge in [-0.05, 0) is 59.7 Å². The predicted molar refractivity (Wildman–Crippen MR) is 134 cm³/mol. The highest BCUT2D eigenvalue weighted by atomic mass is 32.2. The number of amides is 1. The lowest BCUT2D eigenvalue weighted by molar-refractivity contribution is 0.0941. The molecular weight excluding hydrogens is 460 g/mol. The van der Waals surface area contributed by atoms with Crippen LogP contribution in [0.3, 0.4) is 0 Å². The number of hydrazine groups is 1. The molecule has 0 saturated heterocycles. The Bertz CT molecular complexity index is 1310. The van der Waals surface area contributed by atoms with Crippen molar-refractivity contribution in [2.24, 2.45) is 0 Å². The molecule has 0 heterocycles. The van der Waals surface area contributed by atoms with Gasteiger partial charge in [0.15, 0.2) is 5.11 Å². The van der Waals surface area contributed by atoms with Gasteiger partial charge in [-0.1, -0.05) is 44.2 Å². The Labute approximate surface area is 198 Å². The van der Waals surface area contributed by atoms with Crippen molar-refractivity contribution in [1.29, 1.82) is 0 Å². The Hall–Kier alpha value is -3.21. The molecule has 174 valence electrons. The smallest absolute Gasteiger partial charge is 0.273 e. The molecule has 0 radical (unpaired) electrons. The molecule has 0 aromatic heterocycles. The molecule has 1 amide bonds. The molecule has 3 rings (SSSR count). The van der Waals surface area contributed by atoms with Crippen molar-refractivity contribution in [2.45, 2.75) is 25.7 Å². The van der Waals surface area contributed by atoms with Gasteiger partial charge in [0.2, 0.25) is 10.0 Å². The second kappa shape index (κ2) is 10.2. The van der Waals surface area contributed by atoms with Gasteiger partial charge in [0, 0.05) is 18.8 Å². The summed E-state index contributed by atoms with van der Waals surface area (Å²) < 4.78 is 27.0. The van der Waals surface area contributed by atoms with Gasteiger partial charge in [-0.25, -0.2) is 8.42 Å². The normalized spacial score (nSPS) is 11.4. The zero-order valence-corrected chi connectivity index (χ0v) is 20.2. The van der Waals surface area contributed by atoms with Crippen LogP contribution in [0.1, 0.15) is 29.8 Å². The molecule has 3 aromatic rings.